The molecule has 5 nitrogen and oxygen atoms in total. The molecule has 0 spiro atoms. The summed E-state index contributed by atoms with van der Waals surface area (Å²) in [5.41, 5.74) is 3.87. The van der Waals surface area contributed by atoms with Gasteiger partial charge in [-0.05, 0) is 43.2 Å². The summed E-state index contributed by atoms with van der Waals surface area (Å²) < 4.78 is 5.48. The smallest absolute Gasteiger partial charge is 0.232 e. The first-order chi connectivity index (χ1) is 12.5. The fraction of sp³-hybridized carbons (Fsp3) is 0.250. The van der Waals surface area contributed by atoms with Crippen LogP contribution < -0.4 is 4.90 Å². The van der Waals surface area contributed by atoms with Crippen LogP contribution in [0.1, 0.15) is 29.4 Å². The second-order valence-electron chi connectivity index (χ2n) is 6.61. The van der Waals surface area contributed by atoms with Gasteiger partial charge in [0.05, 0.1) is 5.92 Å². The molecule has 0 radical (unpaired) electrons. The molecule has 1 atom stereocenters. The highest BCUT2D eigenvalue weighted by atomic mass is 35.5. The van der Waals surface area contributed by atoms with Crippen LogP contribution in [-0.2, 0) is 4.79 Å². The van der Waals surface area contributed by atoms with Crippen molar-refractivity contribution in [2.45, 2.75) is 26.2 Å². The molecule has 1 unspecified atom stereocenters. The van der Waals surface area contributed by atoms with Gasteiger partial charge in [-0.2, -0.15) is 4.98 Å². The number of hydrogen-bond donors (Lipinski definition) is 0. The second kappa shape index (κ2) is 6.57. The summed E-state index contributed by atoms with van der Waals surface area (Å²) >= 11 is 6.02. The van der Waals surface area contributed by atoms with Gasteiger partial charge in [0.1, 0.15) is 0 Å². The van der Waals surface area contributed by atoms with Crippen molar-refractivity contribution in [1.82, 2.24) is 10.1 Å². The van der Waals surface area contributed by atoms with Crippen LogP contribution in [0.4, 0.5) is 5.69 Å². The summed E-state index contributed by atoms with van der Waals surface area (Å²) in [6.45, 7) is 4.48. The number of rotatable bonds is 3. The molecule has 1 fully saturated rings. The first-order valence-electron chi connectivity index (χ1n) is 8.49. The Morgan fingerprint density at radius 3 is 2.73 bits per heavy atom. The quantitative estimate of drug-likeness (QED) is 0.682. The normalized spacial score (nSPS) is 17.1. The zero-order valence-corrected chi connectivity index (χ0v) is 15.3. The summed E-state index contributed by atoms with van der Waals surface area (Å²) in [4.78, 5) is 18.8. The molecule has 0 aliphatic carbocycles. The van der Waals surface area contributed by atoms with Crippen LogP contribution in [-0.4, -0.2) is 22.6 Å². The van der Waals surface area contributed by atoms with Gasteiger partial charge in [0.25, 0.3) is 0 Å². The number of anilines is 1. The largest absolute Gasteiger partial charge is 0.339 e. The van der Waals surface area contributed by atoms with Crippen molar-refractivity contribution in [3.8, 4) is 11.4 Å². The zero-order valence-electron chi connectivity index (χ0n) is 14.6. The van der Waals surface area contributed by atoms with E-state index in [0.717, 1.165) is 22.4 Å². The summed E-state index contributed by atoms with van der Waals surface area (Å²) in [6.07, 6.45) is 0.359. The molecule has 1 saturated heterocycles. The minimum absolute atomic E-state index is 0.0519. The van der Waals surface area contributed by atoms with Crippen LogP contribution in [0.15, 0.2) is 47.0 Å². The van der Waals surface area contributed by atoms with Gasteiger partial charge >= 0.3 is 0 Å². The molecule has 2 aromatic carbocycles. The number of carbonyl (C=O) groups excluding carboxylic acids is 1. The Morgan fingerprint density at radius 2 is 1.96 bits per heavy atom. The highest BCUT2D eigenvalue weighted by Crippen LogP contribution is 2.34. The lowest BCUT2D eigenvalue weighted by atomic mass is 10.1. The van der Waals surface area contributed by atoms with Gasteiger partial charge in [-0.1, -0.05) is 41.0 Å². The van der Waals surface area contributed by atoms with Crippen molar-refractivity contribution >= 4 is 23.2 Å². The molecule has 26 heavy (non-hydrogen) atoms. The fourth-order valence-electron chi connectivity index (χ4n) is 3.36. The summed E-state index contributed by atoms with van der Waals surface area (Å²) in [6, 6.07) is 13.4. The number of halogens is 1. The number of benzene rings is 2. The van der Waals surface area contributed by atoms with Crippen LogP contribution in [0.5, 0.6) is 0 Å². The first kappa shape index (κ1) is 16.8. The van der Waals surface area contributed by atoms with Crippen LogP contribution in [0.2, 0.25) is 5.02 Å². The van der Waals surface area contributed by atoms with Gasteiger partial charge in [0.2, 0.25) is 17.6 Å². The zero-order chi connectivity index (χ0) is 18.3. The number of nitrogens with zero attached hydrogens (tertiary/aromatic N) is 3. The van der Waals surface area contributed by atoms with E-state index in [9.17, 15) is 4.79 Å². The van der Waals surface area contributed by atoms with Crippen LogP contribution in [0.3, 0.4) is 0 Å². The standard InChI is InChI=1S/C20H18ClN3O2/c1-12-5-3-4-6-16(12)19-22-20(26-23-19)14-10-18(25)24(11-14)17-8-7-15(21)9-13(17)2/h3-9,14H,10-11H2,1-2H3. The maximum absolute atomic E-state index is 12.5. The van der Waals surface area contributed by atoms with Crippen LogP contribution in [0.25, 0.3) is 11.4 Å². The third-order valence-corrected chi connectivity index (χ3v) is 4.99. The van der Waals surface area contributed by atoms with E-state index in [4.69, 9.17) is 16.1 Å². The van der Waals surface area contributed by atoms with E-state index in [2.05, 4.69) is 10.1 Å². The van der Waals surface area contributed by atoms with E-state index in [1.807, 2.05) is 50.2 Å². The van der Waals surface area contributed by atoms with E-state index in [1.54, 1.807) is 11.0 Å². The van der Waals surface area contributed by atoms with Crippen molar-refractivity contribution < 1.29 is 9.32 Å². The summed E-state index contributed by atoms with van der Waals surface area (Å²) in [5.74, 6) is 1.01. The third-order valence-electron chi connectivity index (χ3n) is 4.75. The van der Waals surface area contributed by atoms with Crippen molar-refractivity contribution in [3.63, 3.8) is 0 Å². The lowest BCUT2D eigenvalue weighted by molar-refractivity contribution is -0.117. The van der Waals surface area contributed by atoms with E-state index in [-0.39, 0.29) is 11.8 Å². The molecule has 6 heteroatoms. The van der Waals surface area contributed by atoms with Gasteiger partial charge in [-0.25, -0.2) is 0 Å². The summed E-state index contributed by atoms with van der Waals surface area (Å²) in [7, 11) is 0. The molecular formula is C20H18ClN3O2. The molecule has 1 aromatic heterocycles. The van der Waals surface area contributed by atoms with Crippen LogP contribution >= 0.6 is 11.6 Å². The minimum Gasteiger partial charge on any atom is -0.339 e. The predicted molar refractivity (Wildman–Crippen MR) is 100 cm³/mol. The van der Waals surface area contributed by atoms with Gasteiger partial charge in [-0.15, -0.1) is 0 Å². The third kappa shape index (κ3) is 2.99. The molecule has 0 saturated carbocycles. The topological polar surface area (TPSA) is 59.2 Å². The Kier molecular flexibility index (Phi) is 4.24. The fourth-order valence-corrected chi connectivity index (χ4v) is 3.59. The van der Waals surface area contributed by atoms with Crippen LogP contribution in [0, 0.1) is 13.8 Å². The van der Waals surface area contributed by atoms with E-state index in [0.29, 0.717) is 29.7 Å². The lowest BCUT2D eigenvalue weighted by Gasteiger charge is -2.18. The molecular weight excluding hydrogens is 350 g/mol. The predicted octanol–water partition coefficient (Wildman–Crippen LogP) is 4.53. The Labute approximate surface area is 156 Å². The van der Waals surface area contributed by atoms with Gasteiger partial charge in [-0.3, -0.25) is 4.79 Å². The first-order valence-corrected chi connectivity index (χ1v) is 8.87. The number of hydrogen-bond acceptors (Lipinski definition) is 4. The van der Waals surface area contributed by atoms with Gasteiger partial charge in [0, 0.05) is 29.2 Å². The molecule has 0 bridgehead atoms. The van der Waals surface area contributed by atoms with Crippen molar-refractivity contribution in [3.05, 3.63) is 64.5 Å². The lowest BCUT2D eigenvalue weighted by Crippen LogP contribution is -2.25. The number of aryl methyl sites for hydroxylation is 2. The van der Waals surface area contributed by atoms with E-state index >= 15 is 0 Å². The Bertz CT molecular complexity index is 983. The molecule has 2 heterocycles. The maximum Gasteiger partial charge on any atom is 0.232 e. The monoisotopic (exact) mass is 367 g/mol. The molecule has 0 N–H and O–H groups in total. The molecule has 3 aromatic rings. The molecule has 1 amide bonds. The highest BCUT2D eigenvalue weighted by Gasteiger charge is 2.35. The minimum atomic E-state index is -0.108. The molecule has 132 valence electrons. The number of carbonyl (C=O) groups is 1. The average Bonchev–Trinajstić information content (AvgIpc) is 3.22. The maximum atomic E-state index is 12.5. The molecule has 1 aliphatic heterocycles. The van der Waals surface area contributed by atoms with Gasteiger partial charge < -0.3 is 9.42 Å². The van der Waals surface area contributed by atoms with Crippen molar-refractivity contribution in [1.29, 1.82) is 0 Å². The second-order valence-corrected chi connectivity index (χ2v) is 7.04. The SMILES string of the molecule is Cc1ccccc1-c1noc(C2CC(=O)N(c3ccc(Cl)cc3C)C2)n1. The molecule has 1 aliphatic rings. The van der Waals surface area contributed by atoms with E-state index in [1.165, 1.54) is 0 Å². The number of aromatic nitrogens is 2. The van der Waals surface area contributed by atoms with Crippen molar-refractivity contribution in [2.75, 3.05) is 11.4 Å². The van der Waals surface area contributed by atoms with Gasteiger partial charge in [0.15, 0.2) is 0 Å². The van der Waals surface area contributed by atoms with Crippen molar-refractivity contribution in [2.24, 2.45) is 0 Å². The molecule has 4 rings (SSSR count). The summed E-state index contributed by atoms with van der Waals surface area (Å²) in [5, 5.41) is 4.77. The van der Waals surface area contributed by atoms with E-state index < -0.39 is 0 Å². The average molecular weight is 368 g/mol. The Morgan fingerprint density at radius 1 is 1.15 bits per heavy atom. The highest BCUT2D eigenvalue weighted by molar-refractivity contribution is 6.30. The Hall–Kier alpha value is -2.66. The number of amides is 1. The Balaban J connectivity index is 1.59.